The summed E-state index contributed by atoms with van der Waals surface area (Å²) in [5.74, 6) is -1.48. The predicted octanol–water partition coefficient (Wildman–Crippen LogP) is 3.70. The van der Waals surface area contributed by atoms with Gasteiger partial charge in [0.15, 0.2) is 11.6 Å². The monoisotopic (exact) mass is 521 g/mol. The van der Waals surface area contributed by atoms with Gasteiger partial charge in [-0.25, -0.2) is 13.8 Å². The number of aromatic nitrogens is 4. The molecule has 38 heavy (non-hydrogen) atoms. The van der Waals surface area contributed by atoms with Crippen LogP contribution in [-0.4, -0.2) is 44.4 Å². The third-order valence-corrected chi connectivity index (χ3v) is 6.94. The van der Waals surface area contributed by atoms with Crippen LogP contribution >= 0.6 is 0 Å². The van der Waals surface area contributed by atoms with Crippen LogP contribution < -0.4 is 21.5 Å². The summed E-state index contributed by atoms with van der Waals surface area (Å²) in [7, 11) is 1.96. The Bertz CT molecular complexity index is 1570. The number of benzene rings is 2. The molecule has 0 aliphatic carbocycles. The SMILES string of the molecule is CC(C)c1nc2c(N3CCC[C@H]3CN)c(NC(=O)c3ccc(=O)n(-c4c(F)cccc4F)n3)ccc2n1C. The first-order chi connectivity index (χ1) is 18.2. The molecule has 9 nitrogen and oxygen atoms in total. The molecule has 4 aromatic rings. The van der Waals surface area contributed by atoms with Crippen molar-refractivity contribution in [1.82, 2.24) is 19.3 Å². The molecule has 1 fully saturated rings. The minimum atomic E-state index is -0.970. The summed E-state index contributed by atoms with van der Waals surface area (Å²) < 4.78 is 31.3. The topological polar surface area (TPSA) is 111 Å². The number of para-hydroxylation sites is 1. The highest BCUT2D eigenvalue weighted by Gasteiger charge is 2.30. The number of rotatable bonds is 6. The third-order valence-electron chi connectivity index (χ3n) is 6.94. The van der Waals surface area contributed by atoms with E-state index in [4.69, 9.17) is 10.7 Å². The zero-order valence-corrected chi connectivity index (χ0v) is 21.4. The molecule has 0 radical (unpaired) electrons. The number of fused-ring (bicyclic) bond motifs is 1. The van der Waals surface area contributed by atoms with Crippen molar-refractivity contribution in [3.63, 3.8) is 0 Å². The second-order valence-corrected chi connectivity index (χ2v) is 9.73. The Hall–Kier alpha value is -4.12. The number of nitrogens with two attached hydrogens (primary N) is 1. The van der Waals surface area contributed by atoms with Crippen molar-refractivity contribution in [2.75, 3.05) is 23.3 Å². The summed E-state index contributed by atoms with van der Waals surface area (Å²) in [6.45, 7) is 5.35. The summed E-state index contributed by atoms with van der Waals surface area (Å²) in [6, 6.07) is 9.28. The van der Waals surface area contributed by atoms with E-state index in [1.807, 2.05) is 17.7 Å². The quantitative estimate of drug-likeness (QED) is 0.400. The molecule has 3 N–H and O–H groups in total. The highest BCUT2D eigenvalue weighted by molar-refractivity contribution is 6.08. The molecule has 0 unspecified atom stereocenters. The third kappa shape index (κ3) is 4.32. The zero-order valence-electron chi connectivity index (χ0n) is 21.4. The Morgan fingerprint density at radius 1 is 1.13 bits per heavy atom. The lowest BCUT2D eigenvalue weighted by Gasteiger charge is -2.28. The molecule has 3 heterocycles. The summed E-state index contributed by atoms with van der Waals surface area (Å²) in [6.07, 6.45) is 1.88. The maximum atomic E-state index is 14.4. The van der Waals surface area contributed by atoms with Gasteiger partial charge in [0.1, 0.15) is 22.7 Å². The minimum absolute atomic E-state index is 0.0878. The van der Waals surface area contributed by atoms with Gasteiger partial charge in [-0.3, -0.25) is 9.59 Å². The molecule has 1 atom stereocenters. The average Bonchev–Trinajstić information content (AvgIpc) is 3.49. The average molecular weight is 522 g/mol. The van der Waals surface area contributed by atoms with Gasteiger partial charge in [0.25, 0.3) is 11.5 Å². The molecule has 1 aliphatic heterocycles. The van der Waals surface area contributed by atoms with Crippen LogP contribution in [0.15, 0.2) is 47.3 Å². The molecule has 2 aromatic heterocycles. The fraction of sp³-hybridized carbons (Fsp3) is 0.333. The molecule has 11 heteroatoms. The number of carbonyl (C=O) groups excluding carboxylic acids is 1. The van der Waals surface area contributed by atoms with Crippen molar-refractivity contribution in [2.24, 2.45) is 12.8 Å². The Labute approximate surface area is 217 Å². The van der Waals surface area contributed by atoms with Crippen LogP contribution in [0.1, 0.15) is 48.9 Å². The predicted molar refractivity (Wildman–Crippen MR) is 142 cm³/mol. The van der Waals surface area contributed by atoms with Gasteiger partial charge in [-0.2, -0.15) is 9.78 Å². The van der Waals surface area contributed by atoms with Crippen molar-refractivity contribution in [3.8, 4) is 5.69 Å². The molecule has 198 valence electrons. The van der Waals surface area contributed by atoms with Gasteiger partial charge >= 0.3 is 0 Å². The Kier molecular flexibility index (Phi) is 6.70. The van der Waals surface area contributed by atoms with E-state index in [9.17, 15) is 18.4 Å². The van der Waals surface area contributed by atoms with Crippen LogP contribution in [-0.2, 0) is 7.05 Å². The number of imidazole rings is 1. The summed E-state index contributed by atoms with van der Waals surface area (Å²) >= 11 is 0. The summed E-state index contributed by atoms with van der Waals surface area (Å²) in [5.41, 5.74) is 7.43. The maximum Gasteiger partial charge on any atom is 0.276 e. The van der Waals surface area contributed by atoms with E-state index < -0.39 is 28.8 Å². The molecular formula is C27H29F2N7O2. The van der Waals surface area contributed by atoms with Gasteiger partial charge in [-0.15, -0.1) is 0 Å². The minimum Gasteiger partial charge on any atom is -0.364 e. The van der Waals surface area contributed by atoms with Crippen molar-refractivity contribution in [2.45, 2.75) is 38.6 Å². The molecule has 1 amide bonds. The fourth-order valence-corrected chi connectivity index (χ4v) is 5.12. The number of carbonyl (C=O) groups is 1. The summed E-state index contributed by atoms with van der Waals surface area (Å²) in [4.78, 5) is 32.9. The first-order valence-corrected chi connectivity index (χ1v) is 12.5. The van der Waals surface area contributed by atoms with E-state index in [2.05, 4.69) is 29.2 Å². The van der Waals surface area contributed by atoms with Crippen molar-refractivity contribution < 1.29 is 13.6 Å². The molecular weight excluding hydrogens is 492 g/mol. The van der Waals surface area contributed by atoms with E-state index in [1.54, 1.807) is 6.07 Å². The Morgan fingerprint density at radius 2 is 1.87 bits per heavy atom. The highest BCUT2D eigenvalue weighted by atomic mass is 19.1. The molecule has 0 saturated carbocycles. The number of nitrogens with one attached hydrogen (secondary N) is 1. The van der Waals surface area contributed by atoms with Crippen LogP contribution in [0, 0.1) is 11.6 Å². The van der Waals surface area contributed by atoms with E-state index in [-0.39, 0.29) is 17.7 Å². The highest BCUT2D eigenvalue weighted by Crippen LogP contribution is 2.39. The van der Waals surface area contributed by atoms with Crippen LogP contribution in [0.5, 0.6) is 0 Å². The van der Waals surface area contributed by atoms with Crippen LogP contribution in [0.2, 0.25) is 0 Å². The lowest BCUT2D eigenvalue weighted by atomic mass is 10.1. The molecule has 1 aliphatic rings. The molecule has 2 aromatic carbocycles. The zero-order chi connectivity index (χ0) is 27.1. The van der Waals surface area contributed by atoms with Crippen molar-refractivity contribution in [1.29, 1.82) is 0 Å². The van der Waals surface area contributed by atoms with Crippen LogP contribution in [0.3, 0.4) is 0 Å². The van der Waals surface area contributed by atoms with Gasteiger partial charge in [-0.05, 0) is 43.2 Å². The lowest BCUT2D eigenvalue weighted by Crippen LogP contribution is -2.36. The van der Waals surface area contributed by atoms with Gasteiger partial charge < -0.3 is 20.5 Å². The molecule has 0 bridgehead atoms. The number of hydrogen-bond donors (Lipinski definition) is 2. The van der Waals surface area contributed by atoms with Crippen molar-refractivity contribution >= 4 is 28.3 Å². The number of amides is 1. The van der Waals surface area contributed by atoms with E-state index in [1.165, 1.54) is 12.1 Å². The maximum absolute atomic E-state index is 14.4. The number of aryl methyl sites for hydroxylation is 1. The first-order valence-electron chi connectivity index (χ1n) is 12.5. The van der Waals surface area contributed by atoms with E-state index in [0.717, 1.165) is 60.1 Å². The number of hydrogen-bond acceptors (Lipinski definition) is 6. The second kappa shape index (κ2) is 9.97. The fourth-order valence-electron chi connectivity index (χ4n) is 5.12. The van der Waals surface area contributed by atoms with E-state index >= 15 is 0 Å². The molecule has 1 saturated heterocycles. The van der Waals surface area contributed by atoms with Gasteiger partial charge in [-0.1, -0.05) is 19.9 Å². The first kappa shape index (κ1) is 25.5. The van der Waals surface area contributed by atoms with Crippen LogP contribution in [0.25, 0.3) is 16.7 Å². The van der Waals surface area contributed by atoms with Gasteiger partial charge in [0.05, 0.1) is 16.9 Å². The van der Waals surface area contributed by atoms with Gasteiger partial charge in [0.2, 0.25) is 0 Å². The largest absolute Gasteiger partial charge is 0.364 e. The number of nitrogens with zero attached hydrogens (tertiary/aromatic N) is 5. The van der Waals surface area contributed by atoms with E-state index in [0.29, 0.717) is 16.9 Å². The Balaban J connectivity index is 1.60. The van der Waals surface area contributed by atoms with Crippen LogP contribution in [0.4, 0.5) is 20.2 Å². The normalized spacial score (nSPS) is 15.6. The van der Waals surface area contributed by atoms with Gasteiger partial charge in [0, 0.05) is 38.2 Å². The smallest absolute Gasteiger partial charge is 0.276 e. The Morgan fingerprint density at radius 3 is 2.55 bits per heavy atom. The summed E-state index contributed by atoms with van der Waals surface area (Å²) in [5, 5.41) is 6.87. The van der Waals surface area contributed by atoms with Crippen molar-refractivity contribution in [3.05, 3.63) is 76.0 Å². The number of anilines is 2. The molecule has 5 rings (SSSR count). The second-order valence-electron chi connectivity index (χ2n) is 9.73. The molecule has 0 spiro atoms. The standard InChI is InChI=1S/C27H29F2N7O2/c1-15(2)26-32-23-21(34(26)3)11-9-19(25(23)35-13-5-6-16(35)14-30)31-27(38)20-10-12-22(37)36(33-20)24-17(28)7-4-8-18(24)29/h4,7-12,15-16H,5-6,13-14,30H2,1-3H3,(H,31,38)/t16-/m0/s1. The lowest BCUT2D eigenvalue weighted by molar-refractivity contribution is 0.102. The number of halogens is 2.